The van der Waals surface area contributed by atoms with Gasteiger partial charge in [0.25, 0.3) is 0 Å². The highest BCUT2D eigenvalue weighted by molar-refractivity contribution is 8.01. The molecule has 2 atom stereocenters. The molecule has 0 aliphatic heterocycles. The van der Waals surface area contributed by atoms with Crippen LogP contribution in [0.5, 0.6) is 0 Å². The lowest BCUT2D eigenvalue weighted by Crippen LogP contribution is -2.13. The van der Waals surface area contributed by atoms with E-state index >= 15 is 0 Å². The molecule has 0 radical (unpaired) electrons. The summed E-state index contributed by atoms with van der Waals surface area (Å²) in [5, 5.41) is 8.83. The van der Waals surface area contributed by atoms with E-state index in [1.165, 1.54) is 18.0 Å². The molecular weight excluding hydrogens is 435 g/mol. The fraction of sp³-hybridized carbons (Fsp3) is 0.360. The van der Waals surface area contributed by atoms with Crippen molar-refractivity contribution in [1.29, 1.82) is 0 Å². The maximum absolute atomic E-state index is 14.9. The van der Waals surface area contributed by atoms with Crippen LogP contribution >= 0.6 is 11.9 Å². The summed E-state index contributed by atoms with van der Waals surface area (Å²) in [6, 6.07) is 4.92. The summed E-state index contributed by atoms with van der Waals surface area (Å²) in [5.41, 5.74) is 2.08. The molecule has 0 saturated heterocycles. The van der Waals surface area contributed by atoms with Gasteiger partial charge in [0.1, 0.15) is 17.5 Å². The van der Waals surface area contributed by atoms with Gasteiger partial charge in [-0.25, -0.2) is 14.4 Å². The Morgan fingerprint density at radius 3 is 2.48 bits per heavy atom. The van der Waals surface area contributed by atoms with E-state index in [0.717, 1.165) is 11.4 Å². The molecule has 0 spiro atoms. The van der Waals surface area contributed by atoms with Crippen molar-refractivity contribution >= 4 is 24.0 Å². The molecule has 6 nitrogen and oxygen atoms in total. The number of rotatable bonds is 10. The predicted molar refractivity (Wildman–Crippen MR) is 137 cm³/mol. The number of hydrogen-bond acceptors (Lipinski definition) is 6. The number of aryl methyl sites for hydroxylation is 1. The number of anilines is 1. The molecule has 0 bridgehead atoms. The smallest absolute Gasteiger partial charge is 0.239 e. The number of allylic oxidation sites excluding steroid dienone is 1. The molecule has 33 heavy (non-hydrogen) atoms. The van der Waals surface area contributed by atoms with Crippen LogP contribution in [0.1, 0.15) is 62.8 Å². The minimum absolute atomic E-state index is 0.0150. The van der Waals surface area contributed by atoms with Gasteiger partial charge >= 0.3 is 0 Å². The predicted octanol–water partition coefficient (Wildman–Crippen LogP) is 6.54. The molecule has 2 heterocycles. The summed E-state index contributed by atoms with van der Waals surface area (Å²) in [5.74, 6) is 1.54. The monoisotopic (exact) mass is 468 g/mol. The van der Waals surface area contributed by atoms with Gasteiger partial charge in [0.2, 0.25) is 5.95 Å². The van der Waals surface area contributed by atoms with Gasteiger partial charge in [0.15, 0.2) is 0 Å². The van der Waals surface area contributed by atoms with Gasteiger partial charge in [-0.15, -0.1) is 16.8 Å². The first-order valence-electron chi connectivity index (χ1n) is 11.1. The molecule has 0 aliphatic carbocycles. The summed E-state index contributed by atoms with van der Waals surface area (Å²) < 4.78 is 19.9. The molecule has 0 amide bonds. The Morgan fingerprint density at radius 2 is 1.85 bits per heavy atom. The van der Waals surface area contributed by atoms with Gasteiger partial charge in [-0.05, 0) is 36.9 Å². The lowest BCUT2D eigenvalue weighted by molar-refractivity contribution is 0.609. The van der Waals surface area contributed by atoms with Gasteiger partial charge in [-0.3, -0.25) is 9.29 Å². The van der Waals surface area contributed by atoms with Gasteiger partial charge < -0.3 is 0 Å². The highest BCUT2D eigenvalue weighted by atomic mass is 32.2. The first-order chi connectivity index (χ1) is 15.9. The number of nitrogens with one attached hydrogen (secondary N) is 1. The van der Waals surface area contributed by atoms with Crippen molar-refractivity contribution in [1.82, 2.24) is 24.7 Å². The Labute approximate surface area is 200 Å². The molecule has 0 saturated carbocycles. The van der Waals surface area contributed by atoms with Crippen molar-refractivity contribution in [2.24, 2.45) is 0 Å². The Kier molecular flexibility index (Phi) is 10.3. The zero-order valence-corrected chi connectivity index (χ0v) is 20.9. The second-order valence-corrected chi connectivity index (χ2v) is 8.68. The van der Waals surface area contributed by atoms with E-state index in [0.29, 0.717) is 35.9 Å². The average molecular weight is 469 g/mol. The van der Waals surface area contributed by atoms with Gasteiger partial charge in [-0.1, -0.05) is 58.6 Å². The van der Waals surface area contributed by atoms with Crippen LogP contribution in [-0.4, -0.2) is 30.0 Å². The van der Waals surface area contributed by atoms with Gasteiger partial charge in [0, 0.05) is 35.5 Å². The van der Waals surface area contributed by atoms with Crippen LogP contribution in [0.2, 0.25) is 0 Å². The fourth-order valence-corrected chi connectivity index (χ4v) is 3.84. The van der Waals surface area contributed by atoms with Crippen molar-refractivity contribution in [3.63, 3.8) is 0 Å². The molecule has 8 heteroatoms. The topological polar surface area (TPSA) is 68.5 Å². The van der Waals surface area contributed by atoms with E-state index < -0.39 is 0 Å². The quantitative estimate of drug-likeness (QED) is 0.269. The molecule has 1 aromatic carbocycles. The summed E-state index contributed by atoms with van der Waals surface area (Å²) in [6.07, 6.45) is 8.46. The number of hydrogen-bond donors (Lipinski definition) is 1. The normalized spacial score (nSPS) is 12.3. The molecule has 1 N–H and O–H groups in total. The zero-order chi connectivity index (χ0) is 24.4. The average Bonchev–Trinajstić information content (AvgIpc) is 3.24. The van der Waals surface area contributed by atoms with Gasteiger partial charge in [-0.2, -0.15) is 0 Å². The van der Waals surface area contributed by atoms with Crippen LogP contribution < -0.4 is 4.72 Å². The van der Waals surface area contributed by atoms with Crippen LogP contribution in [0.25, 0.3) is 11.8 Å². The Balaban J connectivity index is 0.00000187. The molecular formula is C25H33FN6S. The van der Waals surface area contributed by atoms with Crippen LogP contribution in [-0.2, 0) is 6.42 Å². The van der Waals surface area contributed by atoms with Crippen molar-refractivity contribution in [3.8, 4) is 5.69 Å². The Hall–Kier alpha value is -3.00. The SMILES string of the molecule is C=CCC(C)c1nnc(NSC(C)Cc2ncc(C)cn2)n1-c1c(F)cccc1C=C.CC. The van der Waals surface area contributed by atoms with E-state index in [1.807, 2.05) is 52.2 Å². The third-order valence-corrected chi connectivity index (χ3v) is 5.64. The second kappa shape index (κ2) is 12.9. The van der Waals surface area contributed by atoms with E-state index in [4.69, 9.17) is 0 Å². The largest absolute Gasteiger partial charge is 0.298 e. The van der Waals surface area contributed by atoms with Crippen LogP contribution in [0.3, 0.4) is 0 Å². The number of halogens is 1. The van der Waals surface area contributed by atoms with E-state index in [9.17, 15) is 4.39 Å². The number of benzene rings is 1. The van der Waals surface area contributed by atoms with Crippen molar-refractivity contribution in [3.05, 3.63) is 78.4 Å². The highest BCUT2D eigenvalue weighted by Crippen LogP contribution is 2.30. The molecule has 176 valence electrons. The highest BCUT2D eigenvalue weighted by Gasteiger charge is 2.23. The van der Waals surface area contributed by atoms with E-state index in [1.54, 1.807) is 16.7 Å². The van der Waals surface area contributed by atoms with Crippen molar-refractivity contribution in [2.45, 2.75) is 58.6 Å². The summed E-state index contributed by atoms with van der Waals surface area (Å²) in [6.45, 7) is 17.7. The van der Waals surface area contributed by atoms with Crippen molar-refractivity contribution < 1.29 is 4.39 Å². The Morgan fingerprint density at radius 1 is 1.15 bits per heavy atom. The zero-order valence-electron chi connectivity index (χ0n) is 20.0. The van der Waals surface area contributed by atoms with Crippen molar-refractivity contribution in [2.75, 3.05) is 4.72 Å². The summed E-state index contributed by atoms with van der Waals surface area (Å²) in [4.78, 5) is 8.73. The van der Waals surface area contributed by atoms with Gasteiger partial charge in [0.05, 0.1) is 5.69 Å². The molecule has 2 unspecified atom stereocenters. The third-order valence-electron chi connectivity index (χ3n) is 4.77. The summed E-state index contributed by atoms with van der Waals surface area (Å²) >= 11 is 1.47. The fourth-order valence-electron chi connectivity index (χ4n) is 3.17. The Bertz CT molecular complexity index is 1050. The minimum atomic E-state index is -0.363. The standard InChI is InChI=1S/C23H27FN6S.C2H6/c1-6-9-16(4)22-27-28-23(30(22)21-18(7-2)10-8-11-19(21)24)29-31-17(5)12-20-25-13-15(3)14-26-20;1-2/h6-8,10-11,13-14,16-17H,1-2,9,12H2,3-5H3,(H,28,29);1-2H3. The minimum Gasteiger partial charge on any atom is -0.298 e. The number of para-hydroxylation sites is 1. The number of aromatic nitrogens is 5. The van der Waals surface area contributed by atoms with Crippen LogP contribution in [0.4, 0.5) is 10.3 Å². The lowest BCUT2D eigenvalue weighted by atomic mass is 10.1. The molecule has 3 aromatic rings. The maximum atomic E-state index is 14.9. The molecule has 0 fully saturated rings. The van der Waals surface area contributed by atoms with E-state index in [-0.39, 0.29) is 17.0 Å². The molecule has 0 aliphatic rings. The maximum Gasteiger partial charge on any atom is 0.239 e. The van der Waals surface area contributed by atoms with Crippen LogP contribution in [0.15, 0.2) is 49.8 Å². The van der Waals surface area contributed by atoms with E-state index in [2.05, 4.69) is 45.0 Å². The number of nitrogens with zero attached hydrogens (tertiary/aromatic N) is 5. The first kappa shape index (κ1) is 26.3. The first-order valence-corrected chi connectivity index (χ1v) is 12.0. The second-order valence-electron chi connectivity index (χ2n) is 7.44. The lowest BCUT2D eigenvalue weighted by Gasteiger charge is -2.18. The third kappa shape index (κ3) is 6.74. The molecule has 2 aromatic heterocycles. The molecule has 3 rings (SSSR count). The van der Waals surface area contributed by atoms with Crippen LogP contribution in [0, 0.1) is 12.7 Å². The summed E-state index contributed by atoms with van der Waals surface area (Å²) in [7, 11) is 0.